The van der Waals surface area contributed by atoms with E-state index >= 15 is 0 Å². The SMILES string of the molecule is COc1ccc(SCC(=O)Nc2cc(C)nn2-c2nc3c(C)cc(C)cc3s2)cc1. The monoisotopic (exact) mass is 438 g/mol. The zero-order valence-corrected chi connectivity index (χ0v) is 18.9. The van der Waals surface area contributed by atoms with E-state index in [2.05, 4.69) is 36.4 Å². The van der Waals surface area contributed by atoms with Crippen LogP contribution < -0.4 is 10.1 Å². The van der Waals surface area contributed by atoms with Crippen LogP contribution in [0.4, 0.5) is 5.82 Å². The first-order chi connectivity index (χ1) is 14.4. The molecule has 1 amide bonds. The Balaban J connectivity index is 1.51. The lowest BCUT2D eigenvalue weighted by Gasteiger charge is -2.07. The predicted molar refractivity (Wildman–Crippen MR) is 123 cm³/mol. The number of fused-ring (bicyclic) bond motifs is 1. The van der Waals surface area contributed by atoms with Crippen LogP contribution in [0.2, 0.25) is 0 Å². The molecule has 0 bridgehead atoms. The lowest BCUT2D eigenvalue weighted by molar-refractivity contribution is -0.113. The highest BCUT2D eigenvalue weighted by Gasteiger charge is 2.15. The molecule has 2 aromatic carbocycles. The molecule has 4 rings (SSSR count). The topological polar surface area (TPSA) is 69.0 Å². The Morgan fingerprint density at radius 1 is 1.17 bits per heavy atom. The second-order valence-corrected chi connectivity index (χ2v) is 9.08. The molecule has 1 N–H and O–H groups in total. The van der Waals surface area contributed by atoms with Crippen LogP contribution in [0, 0.1) is 20.8 Å². The minimum atomic E-state index is -0.0925. The standard InChI is InChI=1S/C22H22N4O2S2/c1-13-9-14(2)21-18(10-13)30-22(24-21)26-19(11-15(3)25-26)23-20(27)12-29-17-7-5-16(28-4)6-8-17/h5-11H,12H2,1-4H3,(H,23,27). The summed E-state index contributed by atoms with van der Waals surface area (Å²) < 4.78 is 7.99. The molecule has 0 fully saturated rings. The van der Waals surface area contributed by atoms with Crippen LogP contribution in [-0.4, -0.2) is 33.5 Å². The normalized spacial score (nSPS) is 11.1. The molecule has 8 heteroatoms. The molecule has 0 aliphatic rings. The van der Waals surface area contributed by atoms with E-state index in [1.165, 1.54) is 17.3 Å². The lowest BCUT2D eigenvalue weighted by atomic mass is 10.1. The van der Waals surface area contributed by atoms with Crippen molar-refractivity contribution in [1.29, 1.82) is 0 Å². The summed E-state index contributed by atoms with van der Waals surface area (Å²) in [6.45, 7) is 6.04. The summed E-state index contributed by atoms with van der Waals surface area (Å²) in [5.74, 6) is 1.63. The zero-order valence-electron chi connectivity index (χ0n) is 17.2. The van der Waals surface area contributed by atoms with Gasteiger partial charge in [0, 0.05) is 11.0 Å². The fourth-order valence-electron chi connectivity index (χ4n) is 3.18. The number of hydrogen-bond donors (Lipinski definition) is 1. The molecule has 4 aromatic rings. The van der Waals surface area contributed by atoms with Crippen LogP contribution in [0.25, 0.3) is 15.3 Å². The largest absolute Gasteiger partial charge is 0.497 e. The molecular weight excluding hydrogens is 416 g/mol. The van der Waals surface area contributed by atoms with E-state index in [1.807, 2.05) is 37.3 Å². The van der Waals surface area contributed by atoms with Crippen LogP contribution in [0.1, 0.15) is 16.8 Å². The van der Waals surface area contributed by atoms with Gasteiger partial charge in [-0.2, -0.15) is 9.78 Å². The third-order valence-corrected chi connectivity index (χ3v) is 6.52. The maximum atomic E-state index is 12.6. The van der Waals surface area contributed by atoms with Crippen LogP contribution >= 0.6 is 23.1 Å². The van der Waals surface area contributed by atoms with Gasteiger partial charge in [0.1, 0.15) is 11.6 Å². The third kappa shape index (κ3) is 4.34. The number of ether oxygens (including phenoxy) is 1. The molecule has 154 valence electrons. The molecule has 0 saturated carbocycles. The van der Waals surface area contributed by atoms with Crippen LogP contribution in [0.3, 0.4) is 0 Å². The molecule has 2 aromatic heterocycles. The Kier molecular flexibility index (Phi) is 5.78. The van der Waals surface area contributed by atoms with E-state index in [-0.39, 0.29) is 5.91 Å². The lowest BCUT2D eigenvalue weighted by Crippen LogP contribution is -2.16. The minimum absolute atomic E-state index is 0.0925. The molecule has 0 aliphatic carbocycles. The smallest absolute Gasteiger partial charge is 0.235 e. The van der Waals surface area contributed by atoms with Gasteiger partial charge in [-0.1, -0.05) is 17.4 Å². The first kappa shape index (κ1) is 20.4. The summed E-state index contributed by atoms with van der Waals surface area (Å²) in [4.78, 5) is 18.3. The van der Waals surface area contributed by atoms with Crippen molar-refractivity contribution in [3.05, 3.63) is 59.3 Å². The predicted octanol–water partition coefficient (Wildman–Crippen LogP) is 5.15. The Morgan fingerprint density at radius 3 is 2.67 bits per heavy atom. The van der Waals surface area contributed by atoms with Crippen molar-refractivity contribution in [2.24, 2.45) is 0 Å². The molecule has 0 radical (unpaired) electrons. The second-order valence-electron chi connectivity index (χ2n) is 7.02. The average molecular weight is 439 g/mol. The van der Waals surface area contributed by atoms with E-state index in [9.17, 15) is 4.79 Å². The number of rotatable bonds is 6. The Bertz CT molecular complexity index is 1210. The maximum Gasteiger partial charge on any atom is 0.235 e. The van der Waals surface area contributed by atoms with Crippen molar-refractivity contribution in [3.63, 3.8) is 0 Å². The number of anilines is 1. The van der Waals surface area contributed by atoms with Gasteiger partial charge in [0.2, 0.25) is 11.0 Å². The summed E-state index contributed by atoms with van der Waals surface area (Å²) in [7, 11) is 1.63. The second kappa shape index (κ2) is 8.49. The Labute approximate surface area is 183 Å². The van der Waals surface area contributed by atoms with E-state index in [0.717, 1.165) is 37.3 Å². The quantitative estimate of drug-likeness (QED) is 0.422. The van der Waals surface area contributed by atoms with Gasteiger partial charge in [-0.05, 0) is 62.2 Å². The first-order valence-corrected chi connectivity index (χ1v) is 11.2. The number of aromatic nitrogens is 3. The molecule has 0 saturated heterocycles. The fourth-order valence-corrected chi connectivity index (χ4v) is 4.99. The minimum Gasteiger partial charge on any atom is -0.497 e. The van der Waals surface area contributed by atoms with Gasteiger partial charge < -0.3 is 10.1 Å². The molecule has 30 heavy (non-hydrogen) atoms. The van der Waals surface area contributed by atoms with Gasteiger partial charge >= 0.3 is 0 Å². The van der Waals surface area contributed by atoms with Crippen LogP contribution in [-0.2, 0) is 4.79 Å². The van der Waals surface area contributed by atoms with Crippen molar-refractivity contribution in [1.82, 2.24) is 14.8 Å². The van der Waals surface area contributed by atoms with E-state index in [4.69, 9.17) is 9.72 Å². The molecule has 6 nitrogen and oxygen atoms in total. The first-order valence-electron chi connectivity index (χ1n) is 9.44. The van der Waals surface area contributed by atoms with Crippen molar-refractivity contribution in [3.8, 4) is 10.9 Å². The van der Waals surface area contributed by atoms with Gasteiger partial charge in [0.25, 0.3) is 0 Å². The highest BCUT2D eigenvalue weighted by molar-refractivity contribution is 8.00. The molecule has 0 atom stereocenters. The summed E-state index contributed by atoms with van der Waals surface area (Å²) in [5, 5.41) is 8.26. The van der Waals surface area contributed by atoms with E-state index < -0.39 is 0 Å². The summed E-state index contributed by atoms with van der Waals surface area (Å²) in [5.41, 5.74) is 4.13. The van der Waals surface area contributed by atoms with Gasteiger partial charge in [-0.25, -0.2) is 4.98 Å². The molecule has 2 heterocycles. The number of carbonyl (C=O) groups excluding carboxylic acids is 1. The summed E-state index contributed by atoms with van der Waals surface area (Å²) in [6.07, 6.45) is 0. The zero-order chi connectivity index (χ0) is 21.3. The number of methoxy groups -OCH3 is 1. The average Bonchev–Trinajstić information content (AvgIpc) is 3.30. The van der Waals surface area contributed by atoms with Crippen molar-refractivity contribution in [2.75, 3.05) is 18.2 Å². The summed E-state index contributed by atoms with van der Waals surface area (Å²) >= 11 is 3.04. The summed E-state index contributed by atoms with van der Waals surface area (Å²) in [6, 6.07) is 13.8. The molecular formula is C22H22N4O2S2. The van der Waals surface area contributed by atoms with Gasteiger partial charge in [-0.3, -0.25) is 4.79 Å². The van der Waals surface area contributed by atoms with Gasteiger partial charge in [0.15, 0.2) is 0 Å². The number of aryl methyl sites for hydroxylation is 3. The van der Waals surface area contributed by atoms with Crippen molar-refractivity contribution >= 4 is 45.0 Å². The maximum absolute atomic E-state index is 12.6. The molecule has 0 spiro atoms. The van der Waals surface area contributed by atoms with Gasteiger partial charge in [-0.15, -0.1) is 11.8 Å². The number of hydrogen-bond acceptors (Lipinski definition) is 6. The number of benzene rings is 2. The van der Waals surface area contributed by atoms with Gasteiger partial charge in [0.05, 0.1) is 28.8 Å². The number of thioether (sulfide) groups is 1. The van der Waals surface area contributed by atoms with Crippen molar-refractivity contribution in [2.45, 2.75) is 25.7 Å². The number of nitrogens with one attached hydrogen (secondary N) is 1. The molecule has 0 aliphatic heterocycles. The van der Waals surface area contributed by atoms with Crippen molar-refractivity contribution < 1.29 is 9.53 Å². The highest BCUT2D eigenvalue weighted by Crippen LogP contribution is 2.30. The van der Waals surface area contributed by atoms with E-state index in [1.54, 1.807) is 23.1 Å². The van der Waals surface area contributed by atoms with Crippen LogP contribution in [0.15, 0.2) is 47.4 Å². The van der Waals surface area contributed by atoms with Crippen LogP contribution in [0.5, 0.6) is 5.75 Å². The van der Waals surface area contributed by atoms with E-state index in [0.29, 0.717) is 11.6 Å². The highest BCUT2D eigenvalue weighted by atomic mass is 32.2. The molecule has 0 unspecified atom stereocenters. The number of nitrogens with zero attached hydrogens (tertiary/aromatic N) is 3. The number of amides is 1. The number of thiazole rings is 1. The fraction of sp³-hybridized carbons (Fsp3) is 0.227. The number of carbonyl (C=O) groups is 1. The Hall–Kier alpha value is -2.84. The third-order valence-electron chi connectivity index (χ3n) is 4.53. The Morgan fingerprint density at radius 2 is 1.93 bits per heavy atom.